The first kappa shape index (κ1) is 17.9. The summed E-state index contributed by atoms with van der Waals surface area (Å²) in [6.07, 6.45) is 2.11. The van der Waals surface area contributed by atoms with Crippen molar-refractivity contribution in [3.8, 4) is 0 Å². The van der Waals surface area contributed by atoms with Crippen LogP contribution in [0, 0.1) is 0 Å². The van der Waals surface area contributed by atoms with E-state index < -0.39 is 5.97 Å². The lowest BCUT2D eigenvalue weighted by molar-refractivity contribution is 0.0597. The molecule has 0 aliphatic carbocycles. The number of amides is 2. The lowest BCUT2D eigenvalue weighted by Crippen LogP contribution is -2.31. The Morgan fingerprint density at radius 2 is 1.58 bits per heavy atom. The van der Waals surface area contributed by atoms with Crippen molar-refractivity contribution in [1.82, 2.24) is 4.90 Å². The Labute approximate surface area is 155 Å². The van der Waals surface area contributed by atoms with E-state index in [1.54, 1.807) is 53.9 Å². The molecule has 0 bridgehead atoms. The minimum absolute atomic E-state index is 0.154. The zero-order valence-electron chi connectivity index (χ0n) is 14.2. The van der Waals surface area contributed by atoms with Gasteiger partial charge in [-0.2, -0.15) is 0 Å². The van der Waals surface area contributed by atoms with E-state index in [2.05, 4.69) is 0 Å². The van der Waals surface area contributed by atoms with Gasteiger partial charge in [0.1, 0.15) is 5.76 Å². The van der Waals surface area contributed by atoms with E-state index in [0.29, 0.717) is 22.4 Å². The van der Waals surface area contributed by atoms with Crippen molar-refractivity contribution >= 4 is 29.5 Å². The second-order valence-electron chi connectivity index (χ2n) is 5.63. The normalized spacial score (nSPS) is 13.7. The number of carbonyl (C=O) groups excluding carboxylic acids is 3. The fourth-order valence-electron chi connectivity index (χ4n) is 2.68. The van der Waals surface area contributed by atoms with Crippen LogP contribution in [0.3, 0.4) is 0 Å². The third-order valence-corrected chi connectivity index (χ3v) is 4.44. The number of fused-ring (bicyclic) bond motifs is 1. The Hall–Kier alpha value is -2.86. The summed E-state index contributed by atoms with van der Waals surface area (Å²) in [5, 5.41) is 1.71. The van der Waals surface area contributed by atoms with Crippen molar-refractivity contribution in [1.29, 1.82) is 0 Å². The van der Waals surface area contributed by atoms with Gasteiger partial charge in [0.05, 0.1) is 16.7 Å². The van der Waals surface area contributed by atoms with E-state index >= 15 is 0 Å². The third-order valence-electron chi connectivity index (χ3n) is 3.94. The summed E-state index contributed by atoms with van der Waals surface area (Å²) >= 11 is 1.39. The van der Waals surface area contributed by atoms with Gasteiger partial charge in [0, 0.05) is 18.4 Å². The number of nitrogens with zero attached hydrogens (tertiary/aromatic N) is 1. The molecule has 0 unspecified atom stereocenters. The summed E-state index contributed by atoms with van der Waals surface area (Å²) < 4.78 is 5.44. The number of rotatable bonds is 6. The molecule has 0 atom stereocenters. The van der Waals surface area contributed by atoms with Crippen LogP contribution in [-0.2, 0) is 4.74 Å². The average Bonchev–Trinajstić information content (AvgIpc) is 2.91. The van der Waals surface area contributed by atoms with Gasteiger partial charge >= 0.3 is 5.97 Å². The lowest BCUT2D eigenvalue weighted by Gasteiger charge is -2.15. The first-order valence-electron chi connectivity index (χ1n) is 8.06. The Balaban J connectivity index is 1.67. The van der Waals surface area contributed by atoms with Crippen molar-refractivity contribution in [2.24, 2.45) is 0 Å². The van der Waals surface area contributed by atoms with Crippen LogP contribution in [0.1, 0.15) is 37.5 Å². The highest BCUT2D eigenvalue weighted by atomic mass is 32.2. The van der Waals surface area contributed by atoms with Crippen LogP contribution in [0.2, 0.25) is 0 Å². The fourth-order valence-corrected chi connectivity index (χ4v) is 3.11. The molecule has 5 nitrogen and oxygen atoms in total. The van der Waals surface area contributed by atoms with Gasteiger partial charge < -0.3 is 4.74 Å². The molecule has 2 amide bonds. The maximum atomic E-state index is 12.4. The van der Waals surface area contributed by atoms with Crippen LogP contribution < -0.4 is 0 Å². The number of ether oxygens (including phenoxy) is 1. The molecule has 6 heteroatoms. The molecule has 1 aliphatic rings. The number of hydrogen-bond acceptors (Lipinski definition) is 5. The molecule has 0 spiro atoms. The second kappa shape index (κ2) is 8.01. The SMILES string of the molecule is CS/C=C(/CCN1C(=O)c2ccccc2C1=O)OC(=O)c1ccccc1. The highest BCUT2D eigenvalue weighted by Gasteiger charge is 2.34. The minimum atomic E-state index is -0.465. The fraction of sp³-hybridized carbons (Fsp3) is 0.150. The minimum Gasteiger partial charge on any atom is -0.427 e. The molecule has 0 fully saturated rings. The largest absolute Gasteiger partial charge is 0.427 e. The number of thioether (sulfide) groups is 1. The predicted octanol–water partition coefficient (Wildman–Crippen LogP) is 3.73. The molecule has 132 valence electrons. The summed E-state index contributed by atoms with van der Waals surface area (Å²) in [6.45, 7) is 0.154. The lowest BCUT2D eigenvalue weighted by atomic mass is 10.1. The maximum Gasteiger partial charge on any atom is 0.343 e. The molecular weight excluding hydrogens is 350 g/mol. The summed E-state index contributed by atoms with van der Waals surface area (Å²) in [5.74, 6) is -0.678. The summed E-state index contributed by atoms with van der Waals surface area (Å²) in [5.41, 5.74) is 1.27. The molecule has 1 aliphatic heterocycles. The van der Waals surface area contributed by atoms with Gasteiger partial charge in [0.15, 0.2) is 0 Å². The number of benzene rings is 2. The number of carbonyl (C=O) groups is 3. The van der Waals surface area contributed by atoms with Crippen LogP contribution in [-0.4, -0.2) is 35.5 Å². The Kier molecular flexibility index (Phi) is 5.53. The van der Waals surface area contributed by atoms with E-state index in [9.17, 15) is 14.4 Å². The first-order valence-corrected chi connectivity index (χ1v) is 9.35. The molecule has 2 aromatic rings. The van der Waals surface area contributed by atoms with Gasteiger partial charge in [-0.1, -0.05) is 30.3 Å². The molecule has 0 saturated carbocycles. The summed E-state index contributed by atoms with van der Waals surface area (Å²) in [4.78, 5) is 38.2. The smallest absolute Gasteiger partial charge is 0.343 e. The number of esters is 1. The molecule has 26 heavy (non-hydrogen) atoms. The van der Waals surface area contributed by atoms with Gasteiger partial charge in [-0.25, -0.2) is 4.79 Å². The predicted molar refractivity (Wildman–Crippen MR) is 99.9 cm³/mol. The van der Waals surface area contributed by atoms with E-state index in [0.717, 1.165) is 0 Å². The monoisotopic (exact) mass is 367 g/mol. The van der Waals surface area contributed by atoms with Crippen LogP contribution >= 0.6 is 11.8 Å². The van der Waals surface area contributed by atoms with Crippen LogP contribution in [0.5, 0.6) is 0 Å². The summed E-state index contributed by atoms with van der Waals surface area (Å²) in [7, 11) is 0. The van der Waals surface area contributed by atoms with E-state index in [-0.39, 0.29) is 24.8 Å². The average molecular weight is 367 g/mol. The summed E-state index contributed by atoms with van der Waals surface area (Å²) in [6, 6.07) is 15.4. The van der Waals surface area contributed by atoms with E-state index in [1.165, 1.54) is 16.7 Å². The first-order chi connectivity index (χ1) is 12.6. The molecule has 2 aromatic carbocycles. The van der Waals surface area contributed by atoms with Crippen molar-refractivity contribution in [2.75, 3.05) is 12.8 Å². The third kappa shape index (κ3) is 3.70. The molecule has 0 radical (unpaired) electrons. The maximum absolute atomic E-state index is 12.4. The quantitative estimate of drug-likeness (QED) is 0.442. The Morgan fingerprint density at radius 1 is 1.00 bits per heavy atom. The molecule has 3 rings (SSSR count). The molecule has 1 heterocycles. The zero-order valence-corrected chi connectivity index (χ0v) is 15.0. The van der Waals surface area contributed by atoms with Gasteiger partial charge in [-0.15, -0.1) is 11.8 Å². The van der Waals surface area contributed by atoms with E-state index in [4.69, 9.17) is 4.74 Å². The molecule has 0 N–H and O–H groups in total. The molecule has 0 aromatic heterocycles. The Morgan fingerprint density at radius 3 is 2.15 bits per heavy atom. The van der Waals surface area contributed by atoms with Crippen LogP contribution in [0.4, 0.5) is 0 Å². The van der Waals surface area contributed by atoms with Crippen LogP contribution in [0.25, 0.3) is 0 Å². The van der Waals surface area contributed by atoms with Crippen LogP contribution in [0.15, 0.2) is 65.8 Å². The zero-order chi connectivity index (χ0) is 18.5. The highest BCUT2D eigenvalue weighted by Crippen LogP contribution is 2.24. The second-order valence-corrected chi connectivity index (χ2v) is 6.34. The topological polar surface area (TPSA) is 63.7 Å². The van der Waals surface area contributed by atoms with Crippen molar-refractivity contribution in [3.63, 3.8) is 0 Å². The van der Waals surface area contributed by atoms with E-state index in [1.807, 2.05) is 12.3 Å². The number of imide groups is 1. The molecule has 0 saturated heterocycles. The van der Waals surface area contributed by atoms with Gasteiger partial charge in [0.2, 0.25) is 0 Å². The number of hydrogen-bond donors (Lipinski definition) is 0. The Bertz CT molecular complexity index is 841. The van der Waals surface area contributed by atoms with Crippen molar-refractivity contribution < 1.29 is 19.1 Å². The van der Waals surface area contributed by atoms with Gasteiger partial charge in [-0.05, 0) is 30.5 Å². The standard InChI is InChI=1S/C20H17NO4S/c1-26-13-15(25-20(24)14-7-3-2-4-8-14)11-12-21-18(22)16-9-5-6-10-17(16)19(21)23/h2-10,13H,11-12H2,1H3/b15-13-. The van der Waals surface area contributed by atoms with Crippen molar-refractivity contribution in [3.05, 3.63) is 82.5 Å². The highest BCUT2D eigenvalue weighted by molar-refractivity contribution is 8.01. The molecular formula is C20H17NO4S. The van der Waals surface area contributed by atoms with Gasteiger partial charge in [0.25, 0.3) is 11.8 Å². The van der Waals surface area contributed by atoms with Gasteiger partial charge in [-0.3, -0.25) is 14.5 Å². The van der Waals surface area contributed by atoms with Crippen molar-refractivity contribution in [2.45, 2.75) is 6.42 Å².